The SMILES string of the molecule is O=C(C1=C(c2ccc(OCc3nc(-c4ccc(F)cc4Cl)no3)cc2)C[C@@H]2CNC[C@H]1N2)N(Cc1cccc(Cl)c1Cl)C1CC1. The zero-order valence-electron chi connectivity index (χ0n) is 24.0. The Morgan fingerprint density at radius 2 is 1.87 bits per heavy atom. The zero-order chi connectivity index (χ0) is 31.1. The molecule has 3 heterocycles. The lowest BCUT2D eigenvalue weighted by molar-refractivity contribution is -0.128. The summed E-state index contributed by atoms with van der Waals surface area (Å²) in [7, 11) is 0. The number of piperazine rings is 1. The van der Waals surface area contributed by atoms with Crippen molar-refractivity contribution < 1.29 is 18.4 Å². The van der Waals surface area contributed by atoms with E-state index in [0.717, 1.165) is 48.1 Å². The summed E-state index contributed by atoms with van der Waals surface area (Å²) in [6.07, 6.45) is 2.66. The topological polar surface area (TPSA) is 92.5 Å². The second kappa shape index (κ2) is 12.7. The van der Waals surface area contributed by atoms with Gasteiger partial charge in [-0.1, -0.05) is 64.2 Å². The molecule has 2 fully saturated rings. The average molecular weight is 669 g/mol. The van der Waals surface area contributed by atoms with Gasteiger partial charge in [0.25, 0.3) is 11.8 Å². The fourth-order valence-corrected chi connectivity index (χ4v) is 6.62. The van der Waals surface area contributed by atoms with Crippen molar-refractivity contribution >= 4 is 46.3 Å². The van der Waals surface area contributed by atoms with E-state index >= 15 is 0 Å². The van der Waals surface area contributed by atoms with Crippen molar-refractivity contribution in [1.82, 2.24) is 25.7 Å². The molecule has 3 aromatic carbocycles. The number of hydrogen-bond donors (Lipinski definition) is 2. The van der Waals surface area contributed by atoms with E-state index in [-0.39, 0.29) is 47.4 Å². The van der Waals surface area contributed by atoms with Crippen LogP contribution >= 0.6 is 34.8 Å². The summed E-state index contributed by atoms with van der Waals surface area (Å²) < 4.78 is 24.7. The van der Waals surface area contributed by atoms with Crippen LogP contribution in [0.2, 0.25) is 15.1 Å². The van der Waals surface area contributed by atoms with Crippen LogP contribution in [-0.2, 0) is 17.9 Å². The highest BCUT2D eigenvalue weighted by Gasteiger charge is 2.41. The lowest BCUT2D eigenvalue weighted by Gasteiger charge is -2.41. The minimum atomic E-state index is -0.446. The van der Waals surface area contributed by atoms with E-state index < -0.39 is 5.82 Å². The number of carbonyl (C=O) groups excluding carboxylic acids is 1. The third kappa shape index (κ3) is 6.46. The fraction of sp³-hybridized carbons (Fsp3) is 0.303. The maximum atomic E-state index is 14.4. The summed E-state index contributed by atoms with van der Waals surface area (Å²) in [5.74, 6) is 0.693. The van der Waals surface area contributed by atoms with Gasteiger partial charge in [0.15, 0.2) is 6.61 Å². The van der Waals surface area contributed by atoms with Gasteiger partial charge in [-0.15, -0.1) is 0 Å². The molecule has 8 nitrogen and oxygen atoms in total. The number of ether oxygens (including phenoxy) is 1. The molecule has 12 heteroatoms. The van der Waals surface area contributed by atoms with Gasteiger partial charge >= 0.3 is 0 Å². The predicted octanol–water partition coefficient (Wildman–Crippen LogP) is 6.69. The Bertz CT molecular complexity index is 1780. The third-order valence-corrected chi connectivity index (χ3v) is 9.53. The van der Waals surface area contributed by atoms with E-state index in [1.54, 1.807) is 6.07 Å². The van der Waals surface area contributed by atoms with Gasteiger partial charge in [0, 0.05) is 42.9 Å². The van der Waals surface area contributed by atoms with E-state index in [0.29, 0.717) is 34.4 Å². The minimum Gasteiger partial charge on any atom is -0.484 e. The van der Waals surface area contributed by atoms with E-state index in [2.05, 4.69) is 20.8 Å². The van der Waals surface area contributed by atoms with Crippen molar-refractivity contribution in [3.05, 3.63) is 104 Å². The van der Waals surface area contributed by atoms with Crippen LogP contribution in [0.5, 0.6) is 5.75 Å². The molecule has 1 amide bonds. The first-order chi connectivity index (χ1) is 21.8. The molecule has 1 saturated carbocycles. The van der Waals surface area contributed by atoms with Crippen LogP contribution < -0.4 is 15.4 Å². The molecule has 2 bridgehead atoms. The molecule has 0 unspecified atom stereocenters. The van der Waals surface area contributed by atoms with Gasteiger partial charge in [0.05, 0.1) is 21.1 Å². The first kappa shape index (κ1) is 30.2. The molecular formula is C33H29Cl3FN5O3. The van der Waals surface area contributed by atoms with Gasteiger partial charge in [-0.05, 0) is 72.4 Å². The molecular weight excluding hydrogens is 640 g/mol. The number of hydrogen-bond acceptors (Lipinski definition) is 7. The van der Waals surface area contributed by atoms with Crippen molar-refractivity contribution in [3.63, 3.8) is 0 Å². The number of amides is 1. The van der Waals surface area contributed by atoms with Gasteiger partial charge in [-0.25, -0.2) is 4.39 Å². The Labute approximate surface area is 274 Å². The summed E-state index contributed by atoms with van der Waals surface area (Å²) in [5, 5.41) is 12.2. The van der Waals surface area contributed by atoms with Crippen molar-refractivity contribution in [3.8, 4) is 17.1 Å². The monoisotopic (exact) mass is 667 g/mol. The van der Waals surface area contributed by atoms with Gasteiger partial charge in [-0.3, -0.25) is 4.79 Å². The standard InChI is InChI=1S/C33H29Cl3FN5O3/c34-26-3-1-2-19(31(26)36)16-42(22-7-8-22)33(43)30-25(13-21-14-38-15-28(30)39-21)18-4-9-23(10-5-18)44-17-29-40-32(41-45-29)24-11-6-20(37)12-27(24)35/h1-6,9-12,21-22,28,38-39H,7-8,13-17H2/t21-,28-/m1/s1. The van der Waals surface area contributed by atoms with Crippen LogP contribution in [0.15, 0.2) is 70.8 Å². The number of aromatic nitrogens is 2. The second-order valence-electron chi connectivity index (χ2n) is 11.5. The molecule has 4 aromatic rings. The Morgan fingerprint density at radius 3 is 2.64 bits per heavy atom. The molecule has 1 saturated heterocycles. The molecule has 1 aliphatic carbocycles. The highest BCUT2D eigenvalue weighted by molar-refractivity contribution is 6.42. The highest BCUT2D eigenvalue weighted by Crippen LogP contribution is 2.38. The van der Waals surface area contributed by atoms with Crippen LogP contribution in [0.1, 0.15) is 36.3 Å². The number of benzene rings is 3. The average Bonchev–Trinajstić information content (AvgIpc) is 3.77. The highest BCUT2D eigenvalue weighted by atomic mass is 35.5. The molecule has 1 aromatic heterocycles. The van der Waals surface area contributed by atoms with Crippen molar-refractivity contribution in [2.45, 2.75) is 50.5 Å². The van der Waals surface area contributed by atoms with Crippen LogP contribution in [0.4, 0.5) is 4.39 Å². The largest absolute Gasteiger partial charge is 0.484 e. The minimum absolute atomic E-state index is 0.0250. The summed E-state index contributed by atoms with van der Waals surface area (Å²) in [5.41, 5.74) is 4.11. The first-order valence-electron chi connectivity index (χ1n) is 14.8. The maximum Gasteiger partial charge on any atom is 0.264 e. The Hall–Kier alpha value is -3.47. The predicted molar refractivity (Wildman–Crippen MR) is 171 cm³/mol. The van der Waals surface area contributed by atoms with Crippen LogP contribution in [-0.4, -0.2) is 52.2 Å². The second-order valence-corrected chi connectivity index (χ2v) is 12.7. The van der Waals surface area contributed by atoms with Gasteiger partial charge in [0.1, 0.15) is 11.6 Å². The van der Waals surface area contributed by atoms with Crippen molar-refractivity contribution in [1.29, 1.82) is 0 Å². The number of halogens is 4. The van der Waals surface area contributed by atoms with E-state index in [1.807, 2.05) is 41.3 Å². The molecule has 2 N–H and O–H groups in total. The molecule has 3 aliphatic rings. The molecule has 232 valence electrons. The summed E-state index contributed by atoms with van der Waals surface area (Å²) in [6.45, 7) is 1.96. The quantitative estimate of drug-likeness (QED) is 0.205. The number of fused-ring (bicyclic) bond motifs is 2. The Morgan fingerprint density at radius 1 is 1.04 bits per heavy atom. The maximum absolute atomic E-state index is 14.4. The van der Waals surface area contributed by atoms with Crippen LogP contribution in [0.3, 0.4) is 0 Å². The summed E-state index contributed by atoms with van der Waals surface area (Å²) >= 11 is 19.0. The molecule has 7 rings (SSSR count). The molecule has 2 atom stereocenters. The molecule has 0 radical (unpaired) electrons. The van der Waals surface area contributed by atoms with E-state index in [9.17, 15) is 9.18 Å². The smallest absolute Gasteiger partial charge is 0.264 e. The first-order valence-corrected chi connectivity index (χ1v) is 15.9. The fourth-order valence-electron chi connectivity index (χ4n) is 5.99. The van der Waals surface area contributed by atoms with Crippen molar-refractivity contribution in [2.24, 2.45) is 0 Å². The lowest BCUT2D eigenvalue weighted by atomic mass is 9.83. The van der Waals surface area contributed by atoms with Gasteiger partial charge in [0.2, 0.25) is 5.82 Å². The Kier molecular flexibility index (Phi) is 8.54. The Balaban J connectivity index is 1.11. The normalized spacial score (nSPS) is 19.5. The number of rotatable bonds is 9. The van der Waals surface area contributed by atoms with Crippen LogP contribution in [0, 0.1) is 5.82 Å². The number of nitrogens with zero attached hydrogens (tertiary/aromatic N) is 3. The zero-order valence-corrected chi connectivity index (χ0v) is 26.3. The third-order valence-electron chi connectivity index (χ3n) is 8.36. The van der Waals surface area contributed by atoms with Gasteiger partial charge in [-0.2, -0.15) is 4.98 Å². The van der Waals surface area contributed by atoms with Crippen LogP contribution in [0.25, 0.3) is 17.0 Å². The number of nitrogens with one attached hydrogen (secondary N) is 2. The van der Waals surface area contributed by atoms with Crippen molar-refractivity contribution in [2.75, 3.05) is 13.1 Å². The van der Waals surface area contributed by atoms with Gasteiger partial charge < -0.3 is 24.8 Å². The molecule has 45 heavy (non-hydrogen) atoms. The van der Waals surface area contributed by atoms with E-state index in [4.69, 9.17) is 44.1 Å². The van der Waals surface area contributed by atoms with E-state index in [1.165, 1.54) is 18.2 Å². The number of carbonyl (C=O) groups is 1. The summed E-state index contributed by atoms with van der Waals surface area (Å²) in [6, 6.07) is 17.6. The lowest BCUT2D eigenvalue weighted by Crippen LogP contribution is -2.60. The molecule has 2 aliphatic heterocycles. The summed E-state index contributed by atoms with van der Waals surface area (Å²) in [4.78, 5) is 20.7. The molecule has 0 spiro atoms.